The first-order chi connectivity index (χ1) is 13.3. The number of hydrogen-bond acceptors (Lipinski definition) is 5. The molecule has 0 aromatic heterocycles. The van der Waals surface area contributed by atoms with E-state index in [2.05, 4.69) is 21.9 Å². The van der Waals surface area contributed by atoms with Crippen molar-refractivity contribution in [2.75, 3.05) is 33.5 Å². The second kappa shape index (κ2) is 7.51. The number of ether oxygens (including phenoxy) is 3. The first-order valence-corrected chi connectivity index (χ1v) is 10.8. The summed E-state index contributed by atoms with van der Waals surface area (Å²) in [5.74, 6) is 3.25. The van der Waals surface area contributed by atoms with Crippen LogP contribution >= 0.6 is 0 Å². The summed E-state index contributed by atoms with van der Waals surface area (Å²) in [5.41, 5.74) is 1.28. The van der Waals surface area contributed by atoms with Gasteiger partial charge in [-0.15, -0.1) is 0 Å². The fraction of sp³-hybridized carbons (Fsp3) is 0.727. The van der Waals surface area contributed by atoms with Crippen molar-refractivity contribution in [3.05, 3.63) is 17.7 Å². The summed E-state index contributed by atoms with van der Waals surface area (Å²) in [5, 5.41) is 0. The standard InChI is InChI=1S/C22H32N2O3/c1-25-19-12-16(13-20-22(19)27-15-26-20)14-24-11-10-23-9-5-8-18(23)21(24)17-6-3-2-4-7-17/h12-13,17-18,21H,2-11,14-15H2,1H3/t18-,21-/m0/s1. The van der Waals surface area contributed by atoms with E-state index in [0.717, 1.165) is 35.8 Å². The molecule has 1 aromatic carbocycles. The van der Waals surface area contributed by atoms with E-state index >= 15 is 0 Å². The molecule has 27 heavy (non-hydrogen) atoms. The molecule has 5 heteroatoms. The molecule has 3 fully saturated rings. The van der Waals surface area contributed by atoms with E-state index in [1.54, 1.807) is 7.11 Å². The third kappa shape index (κ3) is 3.29. The summed E-state index contributed by atoms with van der Waals surface area (Å²) in [6.45, 7) is 4.97. The third-order valence-corrected chi connectivity index (χ3v) is 7.14. The Morgan fingerprint density at radius 2 is 1.89 bits per heavy atom. The predicted octanol–water partition coefficient (Wildman–Crippen LogP) is 3.65. The molecular weight excluding hydrogens is 340 g/mol. The van der Waals surface area contributed by atoms with Gasteiger partial charge in [0.15, 0.2) is 11.5 Å². The minimum Gasteiger partial charge on any atom is -0.493 e. The molecule has 2 atom stereocenters. The Balaban J connectivity index is 1.40. The van der Waals surface area contributed by atoms with Crippen molar-refractivity contribution < 1.29 is 14.2 Å². The largest absolute Gasteiger partial charge is 0.493 e. The van der Waals surface area contributed by atoms with Crippen LogP contribution in [-0.2, 0) is 6.54 Å². The number of piperazine rings is 1. The minimum atomic E-state index is 0.292. The van der Waals surface area contributed by atoms with E-state index in [0.29, 0.717) is 12.8 Å². The highest BCUT2D eigenvalue weighted by atomic mass is 16.7. The van der Waals surface area contributed by atoms with Gasteiger partial charge in [0.1, 0.15) is 0 Å². The number of methoxy groups -OCH3 is 1. The second-order valence-corrected chi connectivity index (χ2v) is 8.64. The predicted molar refractivity (Wildman–Crippen MR) is 104 cm³/mol. The topological polar surface area (TPSA) is 34.2 Å². The van der Waals surface area contributed by atoms with Crippen molar-refractivity contribution in [2.45, 2.75) is 63.6 Å². The summed E-state index contributed by atoms with van der Waals surface area (Å²) >= 11 is 0. The number of nitrogens with zero attached hydrogens (tertiary/aromatic N) is 2. The van der Waals surface area contributed by atoms with E-state index in [9.17, 15) is 0 Å². The van der Waals surface area contributed by atoms with Crippen LogP contribution in [0.4, 0.5) is 0 Å². The van der Waals surface area contributed by atoms with Crippen LogP contribution in [-0.4, -0.2) is 55.4 Å². The molecule has 0 N–H and O–H groups in total. The van der Waals surface area contributed by atoms with Gasteiger partial charge >= 0.3 is 0 Å². The first kappa shape index (κ1) is 17.6. The summed E-state index contributed by atoms with van der Waals surface area (Å²) in [6.07, 6.45) is 9.84. The SMILES string of the molecule is COc1cc(CN2CCN3CCC[C@H]3[C@@H]2C2CCCCC2)cc2c1OCO2. The van der Waals surface area contributed by atoms with Crippen LogP contribution in [0.5, 0.6) is 17.2 Å². The highest BCUT2D eigenvalue weighted by Crippen LogP contribution is 2.43. The van der Waals surface area contributed by atoms with Gasteiger partial charge < -0.3 is 14.2 Å². The molecule has 1 saturated carbocycles. The molecule has 0 bridgehead atoms. The Bertz CT molecular complexity index is 674. The van der Waals surface area contributed by atoms with Crippen molar-refractivity contribution in [1.82, 2.24) is 9.80 Å². The van der Waals surface area contributed by atoms with Crippen LogP contribution in [0, 0.1) is 5.92 Å². The van der Waals surface area contributed by atoms with Gasteiger partial charge in [-0.3, -0.25) is 9.80 Å². The van der Waals surface area contributed by atoms with E-state index < -0.39 is 0 Å². The van der Waals surface area contributed by atoms with Crippen molar-refractivity contribution >= 4 is 0 Å². The van der Waals surface area contributed by atoms with E-state index in [1.165, 1.54) is 70.1 Å². The molecule has 148 valence electrons. The van der Waals surface area contributed by atoms with Crippen molar-refractivity contribution in [3.63, 3.8) is 0 Å². The molecule has 5 nitrogen and oxygen atoms in total. The normalized spacial score (nSPS) is 29.1. The highest BCUT2D eigenvalue weighted by Gasteiger charge is 2.43. The van der Waals surface area contributed by atoms with Gasteiger partial charge in [-0.2, -0.15) is 0 Å². The molecule has 4 aliphatic rings. The maximum absolute atomic E-state index is 5.65. The first-order valence-electron chi connectivity index (χ1n) is 10.8. The molecule has 3 aliphatic heterocycles. The van der Waals surface area contributed by atoms with Gasteiger partial charge in [0, 0.05) is 31.7 Å². The number of hydrogen-bond donors (Lipinski definition) is 0. The highest BCUT2D eigenvalue weighted by molar-refractivity contribution is 5.55. The zero-order valence-electron chi connectivity index (χ0n) is 16.5. The van der Waals surface area contributed by atoms with Gasteiger partial charge in [-0.25, -0.2) is 0 Å². The lowest BCUT2D eigenvalue weighted by Gasteiger charge is -2.49. The van der Waals surface area contributed by atoms with Crippen LogP contribution in [0.3, 0.4) is 0 Å². The maximum atomic E-state index is 5.65. The van der Waals surface area contributed by atoms with Crippen molar-refractivity contribution in [3.8, 4) is 17.2 Å². The van der Waals surface area contributed by atoms with Crippen molar-refractivity contribution in [1.29, 1.82) is 0 Å². The molecule has 1 aliphatic carbocycles. The molecule has 0 radical (unpaired) electrons. The van der Waals surface area contributed by atoms with Crippen LogP contribution in [0.15, 0.2) is 12.1 Å². The van der Waals surface area contributed by atoms with Gasteiger partial charge in [-0.1, -0.05) is 19.3 Å². The number of rotatable bonds is 4. The van der Waals surface area contributed by atoms with Crippen LogP contribution in [0.25, 0.3) is 0 Å². The molecule has 1 aromatic rings. The quantitative estimate of drug-likeness (QED) is 0.806. The summed E-state index contributed by atoms with van der Waals surface area (Å²) in [7, 11) is 1.71. The van der Waals surface area contributed by atoms with Crippen LogP contribution < -0.4 is 14.2 Å². The molecule has 0 amide bonds. The zero-order valence-corrected chi connectivity index (χ0v) is 16.5. The van der Waals surface area contributed by atoms with Crippen molar-refractivity contribution in [2.24, 2.45) is 5.92 Å². The monoisotopic (exact) mass is 372 g/mol. The Hall–Kier alpha value is -1.46. The van der Waals surface area contributed by atoms with Gasteiger partial charge in [0.05, 0.1) is 7.11 Å². The lowest BCUT2D eigenvalue weighted by Crippen LogP contribution is -2.59. The molecule has 3 heterocycles. The van der Waals surface area contributed by atoms with Crippen LogP contribution in [0.2, 0.25) is 0 Å². The Morgan fingerprint density at radius 1 is 1.00 bits per heavy atom. The van der Waals surface area contributed by atoms with Gasteiger partial charge in [0.25, 0.3) is 0 Å². The third-order valence-electron chi connectivity index (χ3n) is 7.14. The molecule has 0 unspecified atom stereocenters. The Kier molecular flexibility index (Phi) is 4.91. The lowest BCUT2D eigenvalue weighted by atomic mass is 9.78. The average Bonchev–Trinajstić information content (AvgIpc) is 3.37. The summed E-state index contributed by atoms with van der Waals surface area (Å²) in [4.78, 5) is 5.55. The summed E-state index contributed by atoms with van der Waals surface area (Å²) in [6, 6.07) is 5.77. The summed E-state index contributed by atoms with van der Waals surface area (Å²) < 4.78 is 16.8. The zero-order chi connectivity index (χ0) is 18.2. The number of fused-ring (bicyclic) bond motifs is 2. The lowest BCUT2D eigenvalue weighted by molar-refractivity contribution is -0.00384. The smallest absolute Gasteiger partial charge is 0.231 e. The van der Waals surface area contributed by atoms with E-state index in [4.69, 9.17) is 14.2 Å². The van der Waals surface area contributed by atoms with Gasteiger partial charge in [0.2, 0.25) is 12.5 Å². The van der Waals surface area contributed by atoms with Crippen LogP contribution in [0.1, 0.15) is 50.5 Å². The fourth-order valence-corrected chi connectivity index (χ4v) is 5.95. The second-order valence-electron chi connectivity index (χ2n) is 8.64. The molecular formula is C22H32N2O3. The molecule has 0 spiro atoms. The molecule has 5 rings (SSSR count). The van der Waals surface area contributed by atoms with Gasteiger partial charge in [-0.05, 0) is 55.8 Å². The Morgan fingerprint density at radius 3 is 2.74 bits per heavy atom. The van der Waals surface area contributed by atoms with E-state index in [1.807, 2.05) is 0 Å². The maximum Gasteiger partial charge on any atom is 0.231 e. The Labute approximate surface area is 162 Å². The molecule has 2 saturated heterocycles. The fourth-order valence-electron chi connectivity index (χ4n) is 5.95. The minimum absolute atomic E-state index is 0.292. The number of benzene rings is 1. The van der Waals surface area contributed by atoms with E-state index in [-0.39, 0.29) is 0 Å². The average molecular weight is 373 g/mol.